The molecule has 0 bridgehead atoms. The molecule has 0 spiro atoms. The summed E-state index contributed by atoms with van der Waals surface area (Å²) in [5.41, 5.74) is 5.07. The monoisotopic (exact) mass is 269 g/mol. The van der Waals surface area contributed by atoms with Crippen molar-refractivity contribution in [1.29, 1.82) is 0 Å². The van der Waals surface area contributed by atoms with E-state index in [1.54, 1.807) is 11.3 Å². The fourth-order valence-corrected chi connectivity index (χ4v) is 3.84. The second-order valence-electron chi connectivity index (χ2n) is 5.09. The number of thiazole rings is 1. The number of rotatable bonds is 1. The second-order valence-corrected chi connectivity index (χ2v) is 6.10. The lowest BCUT2D eigenvalue weighted by Crippen LogP contribution is -2.07. The van der Waals surface area contributed by atoms with Crippen LogP contribution in [-0.2, 0) is 12.8 Å². The summed E-state index contributed by atoms with van der Waals surface area (Å²) in [7, 11) is 0. The van der Waals surface area contributed by atoms with Crippen LogP contribution in [0.2, 0.25) is 0 Å². The molecule has 1 aliphatic rings. The summed E-state index contributed by atoms with van der Waals surface area (Å²) in [6.45, 7) is 2.12. The summed E-state index contributed by atoms with van der Waals surface area (Å²) in [5, 5.41) is 5.73. The van der Waals surface area contributed by atoms with E-state index >= 15 is 0 Å². The second kappa shape index (κ2) is 4.17. The van der Waals surface area contributed by atoms with Crippen molar-refractivity contribution in [2.24, 2.45) is 0 Å². The summed E-state index contributed by atoms with van der Waals surface area (Å²) in [4.78, 5) is 4.72. The Balaban J connectivity index is 1.92. The van der Waals surface area contributed by atoms with Crippen molar-refractivity contribution in [3.8, 4) is 5.13 Å². The van der Waals surface area contributed by atoms with Gasteiger partial charge >= 0.3 is 0 Å². The van der Waals surface area contributed by atoms with E-state index in [0.717, 1.165) is 17.1 Å². The van der Waals surface area contributed by atoms with E-state index in [-0.39, 0.29) is 0 Å². The molecule has 0 N–H and O–H groups in total. The number of nitrogens with zero attached hydrogens (tertiary/aromatic N) is 3. The minimum absolute atomic E-state index is 1.01. The fraction of sp³-hybridized carbons (Fsp3) is 0.333. The van der Waals surface area contributed by atoms with E-state index in [2.05, 4.69) is 29.8 Å². The minimum Gasteiger partial charge on any atom is -0.218 e. The molecule has 2 heterocycles. The average Bonchev–Trinajstić information content (AvgIpc) is 3.01. The topological polar surface area (TPSA) is 30.7 Å². The number of hydrogen-bond donors (Lipinski definition) is 0. The van der Waals surface area contributed by atoms with Crippen molar-refractivity contribution in [1.82, 2.24) is 14.8 Å². The Hall–Kier alpha value is -1.68. The highest BCUT2D eigenvalue weighted by molar-refractivity contribution is 7.20. The Labute approximate surface area is 115 Å². The van der Waals surface area contributed by atoms with Crippen molar-refractivity contribution in [2.45, 2.75) is 32.6 Å². The highest BCUT2D eigenvalue weighted by atomic mass is 32.1. The Bertz CT molecular complexity index is 721. The normalized spacial score (nSPS) is 14.8. The Morgan fingerprint density at radius 1 is 1.16 bits per heavy atom. The van der Waals surface area contributed by atoms with Crippen LogP contribution >= 0.6 is 11.3 Å². The summed E-state index contributed by atoms with van der Waals surface area (Å²) < 4.78 is 3.31. The van der Waals surface area contributed by atoms with Crippen LogP contribution in [0.15, 0.2) is 24.3 Å². The molecule has 1 aromatic carbocycles. The molecular weight excluding hydrogens is 254 g/mol. The predicted octanol–water partition coefficient (Wildman–Crippen LogP) is 3.67. The third kappa shape index (κ3) is 1.70. The lowest BCUT2D eigenvalue weighted by atomic mass is 9.96. The molecule has 4 heteroatoms. The first kappa shape index (κ1) is 11.2. The van der Waals surface area contributed by atoms with E-state index in [1.165, 1.54) is 40.9 Å². The number of fused-ring (bicyclic) bond motifs is 2. The SMILES string of the molecule is Cc1nn(-c2nc3ccccc3s2)c2c1CCCC2. The van der Waals surface area contributed by atoms with Crippen molar-refractivity contribution in [3.05, 3.63) is 41.2 Å². The van der Waals surface area contributed by atoms with Gasteiger partial charge in [-0.25, -0.2) is 9.67 Å². The van der Waals surface area contributed by atoms with Gasteiger partial charge in [-0.1, -0.05) is 23.5 Å². The molecule has 4 rings (SSSR count). The van der Waals surface area contributed by atoms with Gasteiger partial charge in [0.05, 0.1) is 21.6 Å². The lowest BCUT2D eigenvalue weighted by molar-refractivity contribution is 0.652. The number of aryl methyl sites for hydroxylation is 1. The van der Waals surface area contributed by atoms with Gasteiger partial charge in [-0.3, -0.25) is 0 Å². The van der Waals surface area contributed by atoms with Crippen molar-refractivity contribution < 1.29 is 0 Å². The molecule has 0 aliphatic heterocycles. The molecule has 0 amide bonds. The summed E-state index contributed by atoms with van der Waals surface area (Å²) in [5.74, 6) is 0. The van der Waals surface area contributed by atoms with E-state index in [0.29, 0.717) is 0 Å². The van der Waals surface area contributed by atoms with E-state index in [1.807, 2.05) is 6.07 Å². The highest BCUT2D eigenvalue weighted by Gasteiger charge is 2.20. The van der Waals surface area contributed by atoms with Crippen LogP contribution < -0.4 is 0 Å². The standard InChI is InChI=1S/C15H15N3S/c1-10-11-6-2-4-8-13(11)18(17-10)15-16-12-7-3-5-9-14(12)19-15/h3,5,7,9H,2,4,6,8H2,1H3. The fourth-order valence-electron chi connectivity index (χ4n) is 2.89. The maximum Gasteiger partial charge on any atom is 0.211 e. The van der Waals surface area contributed by atoms with Gasteiger partial charge in [0, 0.05) is 0 Å². The van der Waals surface area contributed by atoms with Gasteiger partial charge in [-0.15, -0.1) is 0 Å². The van der Waals surface area contributed by atoms with Crippen LogP contribution in [0.3, 0.4) is 0 Å². The van der Waals surface area contributed by atoms with Crippen LogP contribution in [0, 0.1) is 6.92 Å². The van der Waals surface area contributed by atoms with Gasteiger partial charge in [-0.2, -0.15) is 5.10 Å². The largest absolute Gasteiger partial charge is 0.218 e. The van der Waals surface area contributed by atoms with Gasteiger partial charge < -0.3 is 0 Å². The number of hydrogen-bond acceptors (Lipinski definition) is 3. The molecule has 0 atom stereocenters. The van der Waals surface area contributed by atoms with Crippen molar-refractivity contribution in [3.63, 3.8) is 0 Å². The zero-order chi connectivity index (χ0) is 12.8. The predicted molar refractivity (Wildman–Crippen MR) is 78.1 cm³/mol. The Kier molecular flexibility index (Phi) is 2.45. The number of para-hydroxylation sites is 1. The van der Waals surface area contributed by atoms with Crippen LogP contribution in [0.1, 0.15) is 29.8 Å². The van der Waals surface area contributed by atoms with E-state index < -0.39 is 0 Å². The molecule has 96 valence electrons. The zero-order valence-corrected chi connectivity index (χ0v) is 11.7. The average molecular weight is 269 g/mol. The molecule has 0 saturated carbocycles. The zero-order valence-electron chi connectivity index (χ0n) is 10.9. The smallest absolute Gasteiger partial charge is 0.211 e. The third-order valence-corrected chi connectivity index (χ3v) is 4.86. The van der Waals surface area contributed by atoms with Crippen LogP contribution in [-0.4, -0.2) is 14.8 Å². The van der Waals surface area contributed by atoms with E-state index in [9.17, 15) is 0 Å². The third-order valence-electron chi connectivity index (χ3n) is 3.84. The van der Waals surface area contributed by atoms with Gasteiger partial charge in [-0.05, 0) is 50.3 Å². The molecule has 0 radical (unpaired) electrons. The van der Waals surface area contributed by atoms with Crippen molar-refractivity contribution >= 4 is 21.6 Å². The van der Waals surface area contributed by atoms with Gasteiger partial charge in [0.25, 0.3) is 0 Å². The first-order chi connectivity index (χ1) is 9.33. The molecule has 0 fully saturated rings. The van der Waals surface area contributed by atoms with E-state index in [4.69, 9.17) is 10.1 Å². The molecule has 3 nitrogen and oxygen atoms in total. The van der Waals surface area contributed by atoms with Crippen molar-refractivity contribution in [2.75, 3.05) is 0 Å². The molecule has 0 unspecified atom stereocenters. The Morgan fingerprint density at radius 3 is 2.89 bits per heavy atom. The molecule has 1 aliphatic carbocycles. The van der Waals surface area contributed by atoms with Gasteiger partial charge in [0.1, 0.15) is 0 Å². The maximum absolute atomic E-state index is 4.72. The quantitative estimate of drug-likeness (QED) is 0.675. The van der Waals surface area contributed by atoms with Crippen LogP contribution in [0.25, 0.3) is 15.3 Å². The summed E-state index contributed by atoms with van der Waals surface area (Å²) in [6, 6.07) is 8.29. The first-order valence-electron chi connectivity index (χ1n) is 6.76. The highest BCUT2D eigenvalue weighted by Crippen LogP contribution is 2.30. The van der Waals surface area contributed by atoms with Gasteiger partial charge in [0.15, 0.2) is 0 Å². The Morgan fingerprint density at radius 2 is 2.00 bits per heavy atom. The van der Waals surface area contributed by atoms with Crippen LogP contribution in [0.4, 0.5) is 0 Å². The molecular formula is C15H15N3S. The molecule has 2 aromatic heterocycles. The molecule has 0 saturated heterocycles. The minimum atomic E-state index is 1.01. The summed E-state index contributed by atoms with van der Waals surface area (Å²) >= 11 is 1.73. The first-order valence-corrected chi connectivity index (χ1v) is 7.58. The lowest BCUT2D eigenvalue weighted by Gasteiger charge is -2.12. The molecule has 3 aromatic rings. The maximum atomic E-state index is 4.72. The summed E-state index contributed by atoms with van der Waals surface area (Å²) in [6.07, 6.45) is 4.86. The molecule has 19 heavy (non-hydrogen) atoms. The van der Waals surface area contributed by atoms with Crippen LogP contribution in [0.5, 0.6) is 0 Å². The number of aromatic nitrogens is 3. The number of benzene rings is 1. The van der Waals surface area contributed by atoms with Gasteiger partial charge in [0.2, 0.25) is 5.13 Å².